The minimum Gasteiger partial charge on any atom is -0.338 e. The maximum atomic E-state index is 12.9. The molecule has 0 saturated carbocycles. The Morgan fingerprint density at radius 2 is 1.67 bits per heavy atom. The Hall–Kier alpha value is -2.16. The molecule has 3 heteroatoms. The van der Waals surface area contributed by atoms with Crippen LogP contribution < -0.4 is 0 Å². The first-order valence-electron chi connectivity index (χ1n) is 7.25. The Balaban J connectivity index is 2.03. The zero-order valence-electron chi connectivity index (χ0n) is 12.3. The quantitative estimate of drug-likeness (QED) is 0.790. The van der Waals surface area contributed by atoms with E-state index in [0.717, 1.165) is 24.1 Å². The summed E-state index contributed by atoms with van der Waals surface area (Å²) in [5.74, 6) is -0.201. The topological polar surface area (TPSA) is 20.3 Å². The summed E-state index contributed by atoms with van der Waals surface area (Å²) in [5, 5.41) is 0. The van der Waals surface area contributed by atoms with Gasteiger partial charge in [-0.05, 0) is 29.7 Å². The highest BCUT2D eigenvalue weighted by Crippen LogP contribution is 2.10. The van der Waals surface area contributed by atoms with Crippen molar-refractivity contribution < 1.29 is 9.18 Å². The van der Waals surface area contributed by atoms with E-state index >= 15 is 0 Å². The van der Waals surface area contributed by atoms with E-state index in [4.69, 9.17) is 0 Å². The van der Waals surface area contributed by atoms with E-state index in [1.54, 1.807) is 12.1 Å². The van der Waals surface area contributed by atoms with Crippen LogP contribution in [0.5, 0.6) is 0 Å². The highest BCUT2D eigenvalue weighted by atomic mass is 19.1. The Morgan fingerprint density at radius 3 is 2.29 bits per heavy atom. The molecule has 0 atom stereocenters. The van der Waals surface area contributed by atoms with Gasteiger partial charge in [-0.2, -0.15) is 0 Å². The molecule has 0 spiro atoms. The summed E-state index contributed by atoms with van der Waals surface area (Å²) in [6.07, 6.45) is 1.23. The molecule has 0 bridgehead atoms. The van der Waals surface area contributed by atoms with Gasteiger partial charge in [0.15, 0.2) is 0 Å². The van der Waals surface area contributed by atoms with Crippen molar-refractivity contribution in [1.29, 1.82) is 0 Å². The molecule has 1 amide bonds. The van der Waals surface area contributed by atoms with E-state index in [-0.39, 0.29) is 11.7 Å². The average molecular weight is 285 g/mol. The van der Waals surface area contributed by atoms with Crippen LogP contribution in [-0.4, -0.2) is 17.4 Å². The molecular formula is C18H20FNO. The second-order valence-corrected chi connectivity index (χ2v) is 5.10. The fourth-order valence-electron chi connectivity index (χ4n) is 2.25. The predicted molar refractivity (Wildman–Crippen MR) is 82.3 cm³/mol. The van der Waals surface area contributed by atoms with Crippen LogP contribution in [-0.2, 0) is 17.8 Å². The second-order valence-electron chi connectivity index (χ2n) is 5.10. The largest absolute Gasteiger partial charge is 0.338 e. The van der Waals surface area contributed by atoms with E-state index < -0.39 is 0 Å². The molecule has 0 heterocycles. The molecule has 0 aromatic heterocycles. The lowest BCUT2D eigenvalue weighted by Gasteiger charge is -2.22. The molecule has 0 N–H and O–H groups in total. The minimum absolute atomic E-state index is 0.0762. The molecule has 0 aliphatic carbocycles. The van der Waals surface area contributed by atoms with Gasteiger partial charge in [0.2, 0.25) is 5.91 Å². The van der Waals surface area contributed by atoms with Crippen molar-refractivity contribution in [2.24, 2.45) is 0 Å². The molecule has 2 aromatic rings. The molecule has 0 radical (unpaired) electrons. The van der Waals surface area contributed by atoms with E-state index in [1.165, 1.54) is 12.1 Å². The van der Waals surface area contributed by atoms with E-state index in [1.807, 2.05) is 35.2 Å². The summed E-state index contributed by atoms with van der Waals surface area (Å²) < 4.78 is 12.9. The molecule has 0 fully saturated rings. The van der Waals surface area contributed by atoms with Crippen LogP contribution in [0.15, 0.2) is 54.6 Å². The lowest BCUT2D eigenvalue weighted by molar-refractivity contribution is -0.131. The van der Waals surface area contributed by atoms with Gasteiger partial charge >= 0.3 is 0 Å². The zero-order chi connectivity index (χ0) is 15.1. The normalized spacial score (nSPS) is 10.4. The number of hydrogen-bond acceptors (Lipinski definition) is 1. The molecule has 0 saturated heterocycles. The van der Waals surface area contributed by atoms with Crippen LogP contribution in [0.25, 0.3) is 0 Å². The number of carbonyl (C=O) groups excluding carboxylic acids is 1. The zero-order valence-corrected chi connectivity index (χ0v) is 12.3. The number of nitrogens with zero attached hydrogens (tertiary/aromatic N) is 1. The highest BCUT2D eigenvalue weighted by Gasteiger charge is 2.13. The summed E-state index contributed by atoms with van der Waals surface area (Å²) in [7, 11) is 0. The van der Waals surface area contributed by atoms with Crippen LogP contribution in [0.2, 0.25) is 0 Å². The standard InChI is InChI=1S/C18H20FNO/c1-2-12-20(14-16-6-4-3-5-7-16)18(21)13-15-8-10-17(19)11-9-15/h3-11H,2,12-14H2,1H3. The number of benzene rings is 2. The number of carbonyl (C=O) groups is 1. The van der Waals surface area contributed by atoms with Crippen molar-refractivity contribution in [3.05, 3.63) is 71.5 Å². The maximum Gasteiger partial charge on any atom is 0.227 e. The summed E-state index contributed by atoms with van der Waals surface area (Å²) in [6.45, 7) is 3.41. The summed E-state index contributed by atoms with van der Waals surface area (Å²) in [4.78, 5) is 14.3. The van der Waals surface area contributed by atoms with Crippen molar-refractivity contribution in [1.82, 2.24) is 4.90 Å². The maximum absolute atomic E-state index is 12.9. The smallest absolute Gasteiger partial charge is 0.227 e. The van der Waals surface area contributed by atoms with E-state index in [9.17, 15) is 9.18 Å². The Kier molecular flexibility index (Phi) is 5.50. The number of halogens is 1. The van der Waals surface area contributed by atoms with Gasteiger partial charge in [0, 0.05) is 13.1 Å². The summed E-state index contributed by atoms with van der Waals surface area (Å²) in [5.41, 5.74) is 1.97. The molecular weight excluding hydrogens is 265 g/mol. The summed E-state index contributed by atoms with van der Waals surface area (Å²) >= 11 is 0. The Labute approximate surface area is 125 Å². The Bertz CT molecular complexity index is 566. The fraction of sp³-hybridized carbons (Fsp3) is 0.278. The molecule has 0 unspecified atom stereocenters. The van der Waals surface area contributed by atoms with Crippen molar-refractivity contribution >= 4 is 5.91 Å². The van der Waals surface area contributed by atoms with Crippen molar-refractivity contribution in [2.45, 2.75) is 26.3 Å². The van der Waals surface area contributed by atoms with Crippen molar-refractivity contribution in [2.75, 3.05) is 6.54 Å². The van der Waals surface area contributed by atoms with Crippen LogP contribution in [0.3, 0.4) is 0 Å². The molecule has 2 rings (SSSR count). The van der Waals surface area contributed by atoms with Gasteiger partial charge in [0.25, 0.3) is 0 Å². The molecule has 2 aromatic carbocycles. The second kappa shape index (κ2) is 7.58. The van der Waals surface area contributed by atoms with Gasteiger partial charge in [-0.15, -0.1) is 0 Å². The first-order chi connectivity index (χ1) is 10.2. The first-order valence-corrected chi connectivity index (χ1v) is 7.25. The van der Waals surface area contributed by atoms with Crippen LogP contribution in [0, 0.1) is 5.82 Å². The molecule has 21 heavy (non-hydrogen) atoms. The monoisotopic (exact) mass is 285 g/mol. The molecule has 0 aliphatic rings. The van der Waals surface area contributed by atoms with E-state index in [2.05, 4.69) is 6.92 Å². The van der Waals surface area contributed by atoms with Crippen LogP contribution in [0.4, 0.5) is 4.39 Å². The Morgan fingerprint density at radius 1 is 1.00 bits per heavy atom. The summed E-state index contributed by atoms with van der Waals surface area (Å²) in [6, 6.07) is 16.1. The SMILES string of the molecule is CCCN(Cc1ccccc1)C(=O)Cc1ccc(F)cc1. The number of amides is 1. The lowest BCUT2D eigenvalue weighted by atomic mass is 10.1. The average Bonchev–Trinajstić information content (AvgIpc) is 2.50. The van der Waals surface area contributed by atoms with Gasteiger partial charge in [0.1, 0.15) is 5.82 Å². The minimum atomic E-state index is -0.277. The molecule has 2 nitrogen and oxygen atoms in total. The van der Waals surface area contributed by atoms with Gasteiger partial charge in [-0.3, -0.25) is 4.79 Å². The van der Waals surface area contributed by atoms with Gasteiger partial charge in [-0.1, -0.05) is 49.4 Å². The van der Waals surface area contributed by atoms with Gasteiger partial charge < -0.3 is 4.90 Å². The van der Waals surface area contributed by atoms with Crippen molar-refractivity contribution in [3.8, 4) is 0 Å². The number of rotatable bonds is 6. The number of hydrogen-bond donors (Lipinski definition) is 0. The molecule has 110 valence electrons. The predicted octanol–water partition coefficient (Wildman–Crippen LogP) is 3.81. The fourth-order valence-corrected chi connectivity index (χ4v) is 2.25. The highest BCUT2D eigenvalue weighted by molar-refractivity contribution is 5.78. The third kappa shape index (κ3) is 4.71. The third-order valence-corrected chi connectivity index (χ3v) is 3.33. The van der Waals surface area contributed by atoms with Gasteiger partial charge in [0.05, 0.1) is 6.42 Å². The third-order valence-electron chi connectivity index (χ3n) is 3.33. The van der Waals surface area contributed by atoms with Gasteiger partial charge in [-0.25, -0.2) is 4.39 Å². The van der Waals surface area contributed by atoms with Crippen LogP contribution >= 0.6 is 0 Å². The first kappa shape index (κ1) is 15.2. The lowest BCUT2D eigenvalue weighted by Crippen LogP contribution is -2.32. The van der Waals surface area contributed by atoms with Crippen LogP contribution in [0.1, 0.15) is 24.5 Å². The van der Waals surface area contributed by atoms with E-state index in [0.29, 0.717) is 13.0 Å². The van der Waals surface area contributed by atoms with Crippen molar-refractivity contribution in [3.63, 3.8) is 0 Å². The molecule has 0 aliphatic heterocycles.